The first-order valence-corrected chi connectivity index (χ1v) is 8.90. The van der Waals surface area contributed by atoms with Crippen LogP contribution < -0.4 is 4.74 Å². The van der Waals surface area contributed by atoms with E-state index in [2.05, 4.69) is 30.8 Å². The van der Waals surface area contributed by atoms with Gasteiger partial charge in [-0.15, -0.1) is 0 Å². The smallest absolute Gasteiger partial charge is 0.333 e. The number of rotatable bonds is 6. The van der Waals surface area contributed by atoms with E-state index in [-0.39, 0.29) is 11.9 Å². The Morgan fingerprint density at radius 2 is 1.59 bits per heavy atom. The predicted octanol–water partition coefficient (Wildman–Crippen LogP) is 4.97. The van der Waals surface area contributed by atoms with Gasteiger partial charge in [0.05, 0.1) is 6.61 Å². The van der Waals surface area contributed by atoms with E-state index in [1.54, 1.807) is 6.92 Å². The van der Waals surface area contributed by atoms with Crippen molar-refractivity contribution < 1.29 is 19.1 Å². The number of aryl methyl sites for hydroxylation is 1. The fraction of sp³-hybridized carbons (Fsp3) is 0.217. The summed E-state index contributed by atoms with van der Waals surface area (Å²) < 4.78 is 10.3. The lowest BCUT2D eigenvalue weighted by Gasteiger charge is -2.09. The van der Waals surface area contributed by atoms with Crippen molar-refractivity contribution >= 4 is 33.5 Å². The van der Waals surface area contributed by atoms with Crippen LogP contribution >= 0.6 is 0 Å². The molecule has 0 radical (unpaired) electrons. The van der Waals surface area contributed by atoms with Gasteiger partial charge < -0.3 is 9.47 Å². The Morgan fingerprint density at radius 1 is 0.926 bits per heavy atom. The van der Waals surface area contributed by atoms with Gasteiger partial charge in [-0.3, -0.25) is 4.79 Å². The molecule has 0 spiro atoms. The molecule has 0 aromatic heterocycles. The van der Waals surface area contributed by atoms with Crippen LogP contribution in [0.15, 0.2) is 60.7 Å². The summed E-state index contributed by atoms with van der Waals surface area (Å²) in [5.74, 6) is -0.114. The molecule has 3 rings (SSSR count). The van der Waals surface area contributed by atoms with Gasteiger partial charge in [0, 0.05) is 12.5 Å². The molecule has 0 saturated heterocycles. The van der Waals surface area contributed by atoms with Crippen LogP contribution in [-0.2, 0) is 20.7 Å². The summed E-state index contributed by atoms with van der Waals surface area (Å²) >= 11 is 0. The summed E-state index contributed by atoms with van der Waals surface area (Å²) in [6, 6.07) is 16.1. The van der Waals surface area contributed by atoms with Gasteiger partial charge in [0.1, 0.15) is 5.75 Å². The molecule has 4 nitrogen and oxygen atoms in total. The lowest BCUT2D eigenvalue weighted by molar-refractivity contribution is -0.139. The molecule has 3 aromatic rings. The maximum atomic E-state index is 11.4. The highest BCUT2D eigenvalue weighted by Crippen LogP contribution is 2.29. The lowest BCUT2D eigenvalue weighted by Crippen LogP contribution is -2.06. The van der Waals surface area contributed by atoms with Gasteiger partial charge in [-0.25, -0.2) is 4.79 Å². The highest BCUT2D eigenvalue weighted by molar-refractivity contribution is 6.08. The second kappa shape index (κ2) is 8.04. The van der Waals surface area contributed by atoms with E-state index in [0.29, 0.717) is 17.9 Å². The summed E-state index contributed by atoms with van der Waals surface area (Å²) in [7, 11) is 0. The SMILES string of the molecule is C=C(C)C(=O)OCCCc1ccc2c(ccc3cc(OC(C)=O)ccc32)c1. The number of carbonyl (C=O) groups excluding carboxylic acids is 2. The number of hydrogen-bond donors (Lipinski definition) is 0. The average Bonchev–Trinajstić information content (AvgIpc) is 2.64. The van der Waals surface area contributed by atoms with E-state index in [0.717, 1.165) is 34.4 Å². The molecule has 0 aliphatic heterocycles. The zero-order chi connectivity index (χ0) is 19.4. The Balaban J connectivity index is 1.75. The van der Waals surface area contributed by atoms with Crippen LogP contribution in [0.4, 0.5) is 0 Å². The molecule has 0 bridgehead atoms. The van der Waals surface area contributed by atoms with E-state index in [1.807, 2.05) is 24.3 Å². The van der Waals surface area contributed by atoms with Crippen molar-refractivity contribution in [1.29, 1.82) is 0 Å². The molecule has 0 N–H and O–H groups in total. The minimum atomic E-state index is -0.340. The molecule has 0 amide bonds. The number of benzene rings is 3. The summed E-state index contributed by atoms with van der Waals surface area (Å²) in [5, 5.41) is 4.45. The maximum absolute atomic E-state index is 11.4. The normalized spacial score (nSPS) is 10.7. The monoisotopic (exact) mass is 362 g/mol. The topological polar surface area (TPSA) is 52.6 Å². The second-order valence-corrected chi connectivity index (χ2v) is 6.62. The highest BCUT2D eigenvalue weighted by atomic mass is 16.5. The Kier molecular flexibility index (Phi) is 5.55. The van der Waals surface area contributed by atoms with Gasteiger partial charge in [-0.2, -0.15) is 0 Å². The third-order valence-corrected chi connectivity index (χ3v) is 4.32. The lowest BCUT2D eigenvalue weighted by atomic mass is 9.98. The summed E-state index contributed by atoms with van der Waals surface area (Å²) in [5.41, 5.74) is 1.62. The van der Waals surface area contributed by atoms with Gasteiger partial charge in [-0.05, 0) is 59.0 Å². The zero-order valence-corrected chi connectivity index (χ0v) is 15.6. The molecule has 0 atom stereocenters. The fourth-order valence-electron chi connectivity index (χ4n) is 3.05. The number of hydrogen-bond acceptors (Lipinski definition) is 4. The largest absolute Gasteiger partial charge is 0.462 e. The van der Waals surface area contributed by atoms with Crippen molar-refractivity contribution in [3.05, 3.63) is 66.2 Å². The van der Waals surface area contributed by atoms with E-state index in [9.17, 15) is 9.59 Å². The first-order valence-electron chi connectivity index (χ1n) is 8.90. The van der Waals surface area contributed by atoms with Crippen molar-refractivity contribution in [3.63, 3.8) is 0 Å². The van der Waals surface area contributed by atoms with Crippen LogP contribution in [0.1, 0.15) is 25.8 Å². The highest BCUT2D eigenvalue weighted by Gasteiger charge is 2.06. The Labute approximate surface area is 158 Å². The van der Waals surface area contributed by atoms with Crippen molar-refractivity contribution in [3.8, 4) is 5.75 Å². The number of carbonyl (C=O) groups is 2. The van der Waals surface area contributed by atoms with E-state index in [4.69, 9.17) is 9.47 Å². The minimum Gasteiger partial charge on any atom is -0.462 e. The van der Waals surface area contributed by atoms with Crippen LogP contribution in [0, 0.1) is 0 Å². The van der Waals surface area contributed by atoms with Gasteiger partial charge in [-0.1, -0.05) is 43.0 Å². The van der Waals surface area contributed by atoms with Crippen molar-refractivity contribution in [2.24, 2.45) is 0 Å². The fourth-order valence-corrected chi connectivity index (χ4v) is 3.05. The third-order valence-electron chi connectivity index (χ3n) is 4.32. The van der Waals surface area contributed by atoms with Crippen molar-refractivity contribution in [1.82, 2.24) is 0 Å². The van der Waals surface area contributed by atoms with Crippen LogP contribution in [0.5, 0.6) is 5.75 Å². The van der Waals surface area contributed by atoms with E-state index in [1.165, 1.54) is 12.5 Å². The summed E-state index contributed by atoms with van der Waals surface area (Å²) in [6.07, 6.45) is 1.60. The molecular weight excluding hydrogens is 340 g/mol. The Hall–Kier alpha value is -3.14. The molecule has 0 heterocycles. The maximum Gasteiger partial charge on any atom is 0.333 e. The molecule has 0 unspecified atom stereocenters. The summed E-state index contributed by atoms with van der Waals surface area (Å²) in [4.78, 5) is 22.5. The molecule has 27 heavy (non-hydrogen) atoms. The number of fused-ring (bicyclic) bond motifs is 3. The van der Waals surface area contributed by atoms with Crippen LogP contribution in [0.25, 0.3) is 21.5 Å². The predicted molar refractivity (Wildman–Crippen MR) is 107 cm³/mol. The van der Waals surface area contributed by atoms with E-state index < -0.39 is 0 Å². The molecule has 0 fully saturated rings. The molecule has 0 aliphatic carbocycles. The van der Waals surface area contributed by atoms with E-state index >= 15 is 0 Å². The van der Waals surface area contributed by atoms with Gasteiger partial charge >= 0.3 is 11.9 Å². The van der Waals surface area contributed by atoms with Gasteiger partial charge in [0.2, 0.25) is 0 Å². The number of esters is 2. The van der Waals surface area contributed by atoms with Crippen LogP contribution in [-0.4, -0.2) is 18.5 Å². The molecule has 0 saturated carbocycles. The van der Waals surface area contributed by atoms with Crippen molar-refractivity contribution in [2.45, 2.75) is 26.7 Å². The Morgan fingerprint density at radius 3 is 2.26 bits per heavy atom. The Bertz CT molecular complexity index is 1030. The van der Waals surface area contributed by atoms with Gasteiger partial charge in [0.25, 0.3) is 0 Å². The van der Waals surface area contributed by atoms with Crippen LogP contribution in [0.2, 0.25) is 0 Å². The minimum absolute atomic E-state index is 0.325. The molecule has 0 aliphatic rings. The van der Waals surface area contributed by atoms with Crippen molar-refractivity contribution in [2.75, 3.05) is 6.61 Å². The molecule has 3 aromatic carbocycles. The first kappa shape index (κ1) is 18.6. The zero-order valence-electron chi connectivity index (χ0n) is 15.6. The average molecular weight is 362 g/mol. The molecule has 138 valence electrons. The first-order chi connectivity index (χ1) is 12.9. The quantitative estimate of drug-likeness (QED) is 0.204. The third kappa shape index (κ3) is 4.53. The second-order valence-electron chi connectivity index (χ2n) is 6.62. The summed E-state index contributed by atoms with van der Waals surface area (Å²) in [6.45, 7) is 7.00. The standard InChI is InChI=1S/C23H22O4/c1-15(2)23(25)26-12-4-5-17-6-10-21-18(13-17)7-8-19-14-20(27-16(3)24)9-11-22(19)21/h6-11,13-14H,1,4-5,12H2,2-3H3. The number of ether oxygens (including phenoxy) is 2. The molecule has 4 heteroatoms. The van der Waals surface area contributed by atoms with Gasteiger partial charge in [0.15, 0.2) is 0 Å². The molecular formula is C23H22O4. The van der Waals surface area contributed by atoms with Crippen LogP contribution in [0.3, 0.4) is 0 Å².